The molecule has 0 aliphatic heterocycles. The average molecular weight is 314 g/mol. The molecule has 1 heterocycles. The van der Waals surface area contributed by atoms with Crippen LogP contribution in [0.3, 0.4) is 0 Å². The Balaban J connectivity index is 1.90. The molecule has 1 aromatic carbocycles. The number of halogens is 1. The molecular weight excluding hydrogens is 299 g/mol. The van der Waals surface area contributed by atoms with Gasteiger partial charge in [-0.05, 0) is 13.0 Å². The van der Waals surface area contributed by atoms with Crippen molar-refractivity contribution in [2.24, 2.45) is 0 Å². The molecule has 0 unspecified atom stereocenters. The molecule has 108 valence electrons. The fourth-order valence-electron chi connectivity index (χ4n) is 1.70. The highest BCUT2D eigenvalue weighted by atomic mass is 32.2. The van der Waals surface area contributed by atoms with Crippen LogP contribution in [0.1, 0.15) is 15.4 Å². The summed E-state index contributed by atoms with van der Waals surface area (Å²) in [5.74, 6) is -0.857. The van der Waals surface area contributed by atoms with Gasteiger partial charge in [0.1, 0.15) is 5.82 Å². The minimum atomic E-state index is -3.53. The second-order valence-corrected chi connectivity index (χ2v) is 7.49. The second-order valence-electron chi connectivity index (χ2n) is 4.36. The summed E-state index contributed by atoms with van der Waals surface area (Å²) in [4.78, 5) is 5.25. The predicted octanol–water partition coefficient (Wildman–Crippen LogP) is 2.25. The number of nitrogens with zero attached hydrogens (tertiary/aromatic N) is 1. The van der Waals surface area contributed by atoms with Crippen LogP contribution in [0, 0.1) is 12.7 Å². The molecule has 0 atom stereocenters. The van der Waals surface area contributed by atoms with Crippen molar-refractivity contribution in [1.29, 1.82) is 0 Å². The molecule has 2 aromatic rings. The lowest BCUT2D eigenvalue weighted by Gasteiger charge is -2.06. The Labute approximate surface area is 121 Å². The van der Waals surface area contributed by atoms with Crippen molar-refractivity contribution in [3.8, 4) is 0 Å². The third kappa shape index (κ3) is 4.36. The molecular formula is C13H15FN2O2S2. The minimum Gasteiger partial charge on any atom is -0.249 e. The highest BCUT2D eigenvalue weighted by molar-refractivity contribution is 7.88. The third-order valence-electron chi connectivity index (χ3n) is 2.63. The van der Waals surface area contributed by atoms with Crippen LogP contribution in [-0.4, -0.2) is 19.9 Å². The van der Waals surface area contributed by atoms with Crippen molar-refractivity contribution in [3.63, 3.8) is 0 Å². The summed E-state index contributed by atoms with van der Waals surface area (Å²) in [6.45, 7) is 2.22. The van der Waals surface area contributed by atoms with Gasteiger partial charge in [-0.3, -0.25) is 0 Å². The van der Waals surface area contributed by atoms with Crippen LogP contribution in [0.25, 0.3) is 0 Å². The van der Waals surface area contributed by atoms with Gasteiger partial charge in [-0.25, -0.2) is 22.5 Å². The molecule has 0 aliphatic carbocycles. The summed E-state index contributed by atoms with van der Waals surface area (Å²) in [6.07, 6.45) is 2.29. The fraction of sp³-hybridized carbons (Fsp3) is 0.308. The SMILES string of the molecule is Cc1cnc(CCNS(=O)(=O)Cc2ccccc2F)s1. The smallest absolute Gasteiger partial charge is 0.215 e. The van der Waals surface area contributed by atoms with Crippen LogP contribution in [-0.2, 0) is 22.2 Å². The molecule has 0 amide bonds. The zero-order chi connectivity index (χ0) is 14.6. The molecule has 4 nitrogen and oxygen atoms in total. The van der Waals surface area contributed by atoms with Crippen molar-refractivity contribution < 1.29 is 12.8 Å². The van der Waals surface area contributed by atoms with Crippen LogP contribution >= 0.6 is 11.3 Å². The summed E-state index contributed by atoms with van der Waals surface area (Å²) in [5.41, 5.74) is 0.171. The molecule has 7 heteroatoms. The number of aromatic nitrogens is 1. The quantitative estimate of drug-likeness (QED) is 0.889. The number of nitrogens with one attached hydrogen (secondary N) is 1. The second kappa shape index (κ2) is 6.43. The Bertz CT molecular complexity index is 683. The maximum Gasteiger partial charge on any atom is 0.215 e. The zero-order valence-corrected chi connectivity index (χ0v) is 12.6. The Morgan fingerprint density at radius 1 is 1.35 bits per heavy atom. The number of rotatable bonds is 6. The van der Waals surface area contributed by atoms with E-state index < -0.39 is 15.8 Å². The van der Waals surface area contributed by atoms with Gasteiger partial charge in [-0.2, -0.15) is 0 Å². The van der Waals surface area contributed by atoms with E-state index in [0.29, 0.717) is 6.42 Å². The van der Waals surface area contributed by atoms with Crippen molar-refractivity contribution in [3.05, 3.63) is 51.7 Å². The molecule has 0 saturated carbocycles. The number of benzene rings is 1. The first-order valence-electron chi connectivity index (χ1n) is 6.08. The Kier molecular flexibility index (Phi) is 4.85. The number of hydrogen-bond donors (Lipinski definition) is 1. The highest BCUT2D eigenvalue weighted by Crippen LogP contribution is 2.12. The topological polar surface area (TPSA) is 59.1 Å². The third-order valence-corrected chi connectivity index (χ3v) is 4.94. The van der Waals surface area contributed by atoms with E-state index in [4.69, 9.17) is 0 Å². The van der Waals surface area contributed by atoms with Gasteiger partial charge in [0, 0.05) is 29.6 Å². The molecule has 0 fully saturated rings. The summed E-state index contributed by atoms with van der Waals surface area (Å²) < 4.78 is 39.6. The first-order valence-corrected chi connectivity index (χ1v) is 8.55. The van der Waals surface area contributed by atoms with Gasteiger partial charge in [-0.1, -0.05) is 18.2 Å². The highest BCUT2D eigenvalue weighted by Gasteiger charge is 2.14. The lowest BCUT2D eigenvalue weighted by atomic mass is 10.2. The Hall–Kier alpha value is -1.31. The molecule has 0 bridgehead atoms. The van der Waals surface area contributed by atoms with E-state index in [1.165, 1.54) is 29.5 Å². The number of sulfonamides is 1. The zero-order valence-electron chi connectivity index (χ0n) is 11.0. The van der Waals surface area contributed by atoms with E-state index in [2.05, 4.69) is 9.71 Å². The van der Waals surface area contributed by atoms with Gasteiger partial charge in [0.05, 0.1) is 10.8 Å². The van der Waals surface area contributed by atoms with Crippen LogP contribution < -0.4 is 4.72 Å². The van der Waals surface area contributed by atoms with Crippen LogP contribution in [0.2, 0.25) is 0 Å². The number of thiazole rings is 1. The molecule has 0 spiro atoms. The van der Waals surface area contributed by atoms with Gasteiger partial charge < -0.3 is 0 Å². The Morgan fingerprint density at radius 3 is 2.75 bits per heavy atom. The molecule has 0 radical (unpaired) electrons. The maximum atomic E-state index is 13.4. The standard InChI is InChI=1S/C13H15FN2O2S2/c1-10-8-15-13(19-10)6-7-16-20(17,18)9-11-4-2-3-5-12(11)14/h2-5,8,16H,6-7,9H2,1H3. The predicted molar refractivity (Wildman–Crippen MR) is 77.6 cm³/mol. The molecule has 2 rings (SSSR count). The van der Waals surface area contributed by atoms with Gasteiger partial charge >= 0.3 is 0 Å². The minimum absolute atomic E-state index is 0.171. The van der Waals surface area contributed by atoms with Crippen LogP contribution in [0.5, 0.6) is 0 Å². The van der Waals surface area contributed by atoms with Gasteiger partial charge in [0.25, 0.3) is 0 Å². The van der Waals surface area contributed by atoms with Gasteiger partial charge in [0.15, 0.2) is 0 Å². The summed E-state index contributed by atoms with van der Waals surface area (Å²) in [5, 5.41) is 0.885. The van der Waals surface area contributed by atoms with E-state index in [1.807, 2.05) is 6.92 Å². The Morgan fingerprint density at radius 2 is 2.10 bits per heavy atom. The maximum absolute atomic E-state index is 13.4. The van der Waals surface area contributed by atoms with Crippen molar-refractivity contribution >= 4 is 21.4 Å². The van der Waals surface area contributed by atoms with E-state index >= 15 is 0 Å². The van der Waals surface area contributed by atoms with Crippen molar-refractivity contribution in [2.75, 3.05) is 6.54 Å². The summed E-state index contributed by atoms with van der Waals surface area (Å²) >= 11 is 1.54. The normalized spacial score (nSPS) is 11.7. The summed E-state index contributed by atoms with van der Waals surface area (Å²) in [6, 6.07) is 5.87. The fourth-order valence-corrected chi connectivity index (χ4v) is 3.65. The largest absolute Gasteiger partial charge is 0.249 e. The van der Waals surface area contributed by atoms with E-state index in [0.717, 1.165) is 9.88 Å². The first-order chi connectivity index (χ1) is 9.46. The van der Waals surface area contributed by atoms with Crippen molar-refractivity contribution in [2.45, 2.75) is 19.1 Å². The number of hydrogen-bond acceptors (Lipinski definition) is 4. The van der Waals surface area contributed by atoms with E-state index in [9.17, 15) is 12.8 Å². The molecule has 20 heavy (non-hydrogen) atoms. The molecule has 0 saturated heterocycles. The number of aryl methyl sites for hydroxylation is 1. The molecule has 0 aliphatic rings. The lowest BCUT2D eigenvalue weighted by molar-refractivity contribution is 0.574. The monoisotopic (exact) mass is 314 g/mol. The van der Waals surface area contributed by atoms with Crippen LogP contribution in [0.4, 0.5) is 4.39 Å². The molecule has 1 N–H and O–H groups in total. The average Bonchev–Trinajstić information content (AvgIpc) is 2.77. The molecule has 1 aromatic heterocycles. The van der Waals surface area contributed by atoms with Gasteiger partial charge in [0.2, 0.25) is 10.0 Å². The van der Waals surface area contributed by atoms with Gasteiger partial charge in [-0.15, -0.1) is 11.3 Å². The van der Waals surface area contributed by atoms with E-state index in [1.54, 1.807) is 12.3 Å². The van der Waals surface area contributed by atoms with Crippen molar-refractivity contribution in [1.82, 2.24) is 9.71 Å². The van der Waals surface area contributed by atoms with Crippen LogP contribution in [0.15, 0.2) is 30.5 Å². The lowest BCUT2D eigenvalue weighted by Crippen LogP contribution is -2.27. The van der Waals surface area contributed by atoms with E-state index in [-0.39, 0.29) is 17.9 Å². The first kappa shape index (κ1) is 15.1. The summed E-state index contributed by atoms with van der Waals surface area (Å²) in [7, 11) is -3.53.